The maximum absolute atomic E-state index is 12.8. The molecule has 3 rings (SSSR count). The van der Waals surface area contributed by atoms with Crippen LogP contribution in [0.5, 0.6) is 0 Å². The van der Waals surface area contributed by atoms with E-state index in [1.165, 1.54) is 11.3 Å². The van der Waals surface area contributed by atoms with Crippen molar-refractivity contribution in [3.05, 3.63) is 48.4 Å². The van der Waals surface area contributed by atoms with Gasteiger partial charge in [-0.25, -0.2) is 4.98 Å². The highest BCUT2D eigenvalue weighted by Gasteiger charge is 2.30. The zero-order valence-electron chi connectivity index (χ0n) is 12.9. The first-order chi connectivity index (χ1) is 10.4. The summed E-state index contributed by atoms with van der Waals surface area (Å²) >= 11 is 1.52. The second-order valence-electron chi connectivity index (χ2n) is 6.18. The first-order valence-corrected chi connectivity index (χ1v) is 7.97. The maximum atomic E-state index is 12.8. The summed E-state index contributed by atoms with van der Waals surface area (Å²) in [5, 5.41) is 0.706. The van der Waals surface area contributed by atoms with Crippen molar-refractivity contribution in [3.8, 4) is 0 Å². The third kappa shape index (κ3) is 2.90. The van der Waals surface area contributed by atoms with Gasteiger partial charge in [-0.3, -0.25) is 9.69 Å². The number of rotatable bonds is 3. The quantitative estimate of drug-likeness (QED) is 0.716. The van der Waals surface area contributed by atoms with Crippen LogP contribution in [0, 0.1) is 5.41 Å². The molecule has 1 aromatic carbocycles. The van der Waals surface area contributed by atoms with Crippen molar-refractivity contribution in [2.24, 2.45) is 5.41 Å². The van der Waals surface area contributed by atoms with Crippen LogP contribution in [0.25, 0.3) is 10.2 Å². The fourth-order valence-corrected chi connectivity index (χ4v) is 3.13. The van der Waals surface area contributed by atoms with Gasteiger partial charge < -0.3 is 4.42 Å². The molecule has 0 aliphatic rings. The SMILES string of the molecule is CC(C)(C)C(=O)N(Cc1ccco1)c1nc2ccccc2s1. The zero-order valence-corrected chi connectivity index (χ0v) is 13.7. The summed E-state index contributed by atoms with van der Waals surface area (Å²) in [5.74, 6) is 0.778. The van der Waals surface area contributed by atoms with Crippen LogP contribution < -0.4 is 4.90 Å². The molecule has 0 aliphatic heterocycles. The summed E-state index contributed by atoms with van der Waals surface area (Å²) in [7, 11) is 0. The fourth-order valence-electron chi connectivity index (χ4n) is 2.17. The minimum atomic E-state index is -0.482. The molecule has 1 amide bonds. The van der Waals surface area contributed by atoms with Gasteiger partial charge in [0.25, 0.3) is 0 Å². The molecule has 114 valence electrons. The normalized spacial score (nSPS) is 11.8. The van der Waals surface area contributed by atoms with Gasteiger partial charge in [0.15, 0.2) is 5.13 Å². The Balaban J connectivity index is 2.02. The van der Waals surface area contributed by atoms with Crippen LogP contribution in [-0.4, -0.2) is 10.9 Å². The van der Waals surface area contributed by atoms with Gasteiger partial charge >= 0.3 is 0 Å². The summed E-state index contributed by atoms with van der Waals surface area (Å²) < 4.78 is 6.48. The number of para-hydroxylation sites is 1. The number of furan rings is 1. The van der Waals surface area contributed by atoms with E-state index in [0.29, 0.717) is 11.7 Å². The van der Waals surface area contributed by atoms with Crippen molar-refractivity contribution in [2.45, 2.75) is 27.3 Å². The lowest BCUT2D eigenvalue weighted by molar-refractivity contribution is -0.126. The van der Waals surface area contributed by atoms with Gasteiger partial charge in [-0.15, -0.1) is 0 Å². The van der Waals surface area contributed by atoms with Crippen LogP contribution >= 0.6 is 11.3 Å². The topological polar surface area (TPSA) is 46.3 Å². The highest BCUT2D eigenvalue weighted by atomic mass is 32.1. The Kier molecular flexibility index (Phi) is 3.74. The van der Waals surface area contributed by atoms with Crippen LogP contribution in [0.15, 0.2) is 47.1 Å². The summed E-state index contributed by atoms with van der Waals surface area (Å²) in [4.78, 5) is 19.1. The number of aromatic nitrogens is 1. The zero-order chi connectivity index (χ0) is 15.7. The van der Waals surface area contributed by atoms with Gasteiger partial charge in [0.05, 0.1) is 23.0 Å². The lowest BCUT2D eigenvalue weighted by atomic mass is 9.95. The Bertz CT molecular complexity index is 751. The molecule has 0 unspecified atom stereocenters. The summed E-state index contributed by atoms with van der Waals surface area (Å²) in [6.45, 7) is 6.14. The number of hydrogen-bond donors (Lipinski definition) is 0. The molecule has 0 saturated carbocycles. The summed E-state index contributed by atoms with van der Waals surface area (Å²) in [6, 6.07) is 11.6. The standard InChI is InChI=1S/C17H18N2O2S/c1-17(2,3)15(20)19(11-12-7-6-10-21-12)16-18-13-8-4-5-9-14(13)22-16/h4-10H,11H2,1-3H3. The number of carbonyl (C=O) groups is 1. The smallest absolute Gasteiger partial charge is 0.234 e. The van der Waals surface area contributed by atoms with E-state index in [4.69, 9.17) is 4.42 Å². The second-order valence-corrected chi connectivity index (χ2v) is 7.19. The predicted molar refractivity (Wildman–Crippen MR) is 89.0 cm³/mol. The van der Waals surface area contributed by atoms with Crippen molar-refractivity contribution in [1.29, 1.82) is 0 Å². The summed E-state index contributed by atoms with van der Waals surface area (Å²) in [5.41, 5.74) is 0.429. The number of benzene rings is 1. The van der Waals surface area contributed by atoms with E-state index < -0.39 is 5.41 Å². The highest BCUT2D eigenvalue weighted by Crippen LogP contribution is 2.32. The van der Waals surface area contributed by atoms with E-state index in [1.807, 2.05) is 57.2 Å². The molecule has 0 atom stereocenters. The average Bonchev–Trinajstić information content (AvgIpc) is 3.11. The summed E-state index contributed by atoms with van der Waals surface area (Å²) in [6.07, 6.45) is 1.62. The van der Waals surface area contributed by atoms with E-state index in [-0.39, 0.29) is 5.91 Å². The van der Waals surface area contributed by atoms with Crippen molar-refractivity contribution in [2.75, 3.05) is 4.90 Å². The molecule has 0 bridgehead atoms. The molecule has 0 N–H and O–H groups in total. The molecule has 0 fully saturated rings. The van der Waals surface area contributed by atoms with Gasteiger partial charge in [0, 0.05) is 5.41 Å². The Morgan fingerprint density at radius 3 is 2.64 bits per heavy atom. The van der Waals surface area contributed by atoms with E-state index in [9.17, 15) is 4.79 Å². The molecule has 0 aliphatic carbocycles. The molecule has 2 heterocycles. The Hall–Kier alpha value is -2.14. The third-order valence-electron chi connectivity index (χ3n) is 3.29. The number of fused-ring (bicyclic) bond motifs is 1. The first kappa shape index (κ1) is 14.8. The molecule has 5 heteroatoms. The van der Waals surface area contributed by atoms with Crippen molar-refractivity contribution in [3.63, 3.8) is 0 Å². The Morgan fingerprint density at radius 1 is 1.23 bits per heavy atom. The first-order valence-electron chi connectivity index (χ1n) is 7.15. The lowest BCUT2D eigenvalue weighted by Crippen LogP contribution is -2.39. The maximum Gasteiger partial charge on any atom is 0.234 e. The minimum Gasteiger partial charge on any atom is -0.467 e. The van der Waals surface area contributed by atoms with Crippen LogP contribution in [0.4, 0.5) is 5.13 Å². The molecule has 22 heavy (non-hydrogen) atoms. The van der Waals surface area contributed by atoms with Gasteiger partial charge in [0.2, 0.25) is 5.91 Å². The van der Waals surface area contributed by atoms with Crippen molar-refractivity contribution < 1.29 is 9.21 Å². The Labute approximate surface area is 133 Å². The van der Waals surface area contributed by atoms with Crippen molar-refractivity contribution >= 4 is 32.6 Å². The van der Waals surface area contributed by atoms with E-state index in [0.717, 1.165) is 16.0 Å². The molecule has 0 spiro atoms. The van der Waals surface area contributed by atoms with Crippen LogP contribution in [0.2, 0.25) is 0 Å². The fraction of sp³-hybridized carbons (Fsp3) is 0.294. The molecular formula is C17H18N2O2S. The number of amides is 1. The lowest BCUT2D eigenvalue weighted by Gasteiger charge is -2.26. The second kappa shape index (κ2) is 5.57. The van der Waals surface area contributed by atoms with E-state index in [2.05, 4.69) is 4.98 Å². The average molecular weight is 314 g/mol. The van der Waals surface area contributed by atoms with E-state index in [1.54, 1.807) is 11.2 Å². The Morgan fingerprint density at radius 2 is 2.00 bits per heavy atom. The van der Waals surface area contributed by atoms with Crippen LogP contribution in [0.1, 0.15) is 26.5 Å². The molecule has 2 aromatic heterocycles. The van der Waals surface area contributed by atoms with Crippen LogP contribution in [-0.2, 0) is 11.3 Å². The van der Waals surface area contributed by atoms with Crippen LogP contribution in [0.3, 0.4) is 0 Å². The number of hydrogen-bond acceptors (Lipinski definition) is 4. The number of anilines is 1. The van der Waals surface area contributed by atoms with Gasteiger partial charge in [-0.05, 0) is 24.3 Å². The van der Waals surface area contributed by atoms with E-state index >= 15 is 0 Å². The molecule has 0 saturated heterocycles. The molecule has 4 nitrogen and oxygen atoms in total. The van der Waals surface area contributed by atoms with Gasteiger partial charge in [-0.2, -0.15) is 0 Å². The third-order valence-corrected chi connectivity index (χ3v) is 4.35. The molecular weight excluding hydrogens is 296 g/mol. The molecule has 3 aromatic rings. The highest BCUT2D eigenvalue weighted by molar-refractivity contribution is 7.22. The van der Waals surface area contributed by atoms with Crippen molar-refractivity contribution in [1.82, 2.24) is 4.98 Å². The van der Waals surface area contributed by atoms with Gasteiger partial charge in [0.1, 0.15) is 5.76 Å². The largest absolute Gasteiger partial charge is 0.467 e. The predicted octanol–water partition coefficient (Wildman–Crippen LogP) is 4.47. The van der Waals surface area contributed by atoms with Gasteiger partial charge in [-0.1, -0.05) is 44.2 Å². The number of thiazole rings is 1. The monoisotopic (exact) mass is 314 g/mol. The number of carbonyl (C=O) groups excluding carboxylic acids is 1. The molecule has 0 radical (unpaired) electrons. The number of nitrogens with zero attached hydrogens (tertiary/aromatic N) is 2. The minimum absolute atomic E-state index is 0.0305.